The molecule has 4 rings (SSSR count). The number of carbonyl (C=O) groups excluding carboxylic acids is 3. The van der Waals surface area contributed by atoms with E-state index in [1.807, 2.05) is 49.4 Å². The lowest BCUT2D eigenvalue weighted by Gasteiger charge is -2.48. The summed E-state index contributed by atoms with van der Waals surface area (Å²) in [5.41, 5.74) is 1.28. The van der Waals surface area contributed by atoms with Crippen molar-refractivity contribution in [1.29, 1.82) is 0 Å². The molecule has 1 N–H and O–H groups in total. The minimum absolute atomic E-state index is 0.0323. The summed E-state index contributed by atoms with van der Waals surface area (Å²) in [6.07, 6.45) is 1.82. The number of hydrogen-bond acceptors (Lipinski definition) is 3. The van der Waals surface area contributed by atoms with Gasteiger partial charge >= 0.3 is 0 Å². The molecule has 0 aromatic heterocycles. The number of anilines is 2. The van der Waals surface area contributed by atoms with Crippen molar-refractivity contribution in [3.63, 3.8) is 0 Å². The Kier molecular flexibility index (Phi) is 5.17. The highest BCUT2D eigenvalue weighted by atomic mass is 79.9. The Hall–Kier alpha value is -2.67. The fraction of sp³-hybridized carbons (Fsp3) is 0.318. The van der Waals surface area contributed by atoms with E-state index in [1.165, 1.54) is 0 Å². The van der Waals surface area contributed by atoms with E-state index in [4.69, 9.17) is 0 Å². The van der Waals surface area contributed by atoms with Crippen LogP contribution in [0.5, 0.6) is 0 Å². The highest BCUT2D eigenvalue weighted by molar-refractivity contribution is 9.10. The van der Waals surface area contributed by atoms with Crippen LogP contribution in [0.4, 0.5) is 11.4 Å². The predicted molar refractivity (Wildman–Crippen MR) is 115 cm³/mol. The molecule has 0 radical (unpaired) electrons. The predicted octanol–water partition coefficient (Wildman–Crippen LogP) is 4.17. The molecule has 1 fully saturated rings. The maximum atomic E-state index is 13.2. The first-order valence-corrected chi connectivity index (χ1v) is 10.5. The van der Waals surface area contributed by atoms with Crippen LogP contribution in [0.15, 0.2) is 53.0 Å². The van der Waals surface area contributed by atoms with E-state index in [2.05, 4.69) is 21.2 Å². The van der Waals surface area contributed by atoms with E-state index >= 15 is 0 Å². The summed E-state index contributed by atoms with van der Waals surface area (Å²) >= 11 is 3.39. The molecular weight excluding hydrogens is 434 g/mol. The van der Waals surface area contributed by atoms with Gasteiger partial charge in [-0.3, -0.25) is 19.3 Å². The maximum absolute atomic E-state index is 13.2. The summed E-state index contributed by atoms with van der Waals surface area (Å²) in [5.74, 6) is -0.149. The van der Waals surface area contributed by atoms with Gasteiger partial charge in [0.05, 0.1) is 11.3 Å². The lowest BCUT2D eigenvalue weighted by Crippen LogP contribution is -2.62. The van der Waals surface area contributed by atoms with E-state index in [0.29, 0.717) is 43.5 Å². The molecule has 1 atom stereocenters. The topological polar surface area (TPSA) is 69.7 Å². The summed E-state index contributed by atoms with van der Waals surface area (Å²) in [6.45, 7) is 2.35. The van der Waals surface area contributed by atoms with Crippen LogP contribution in [-0.4, -0.2) is 34.8 Å². The quantitative estimate of drug-likeness (QED) is 0.735. The Morgan fingerprint density at radius 1 is 1.17 bits per heavy atom. The average molecular weight is 456 g/mol. The van der Waals surface area contributed by atoms with Crippen molar-refractivity contribution in [2.45, 2.75) is 38.3 Å². The molecule has 7 heteroatoms. The second kappa shape index (κ2) is 7.63. The van der Waals surface area contributed by atoms with Crippen LogP contribution in [0, 0.1) is 0 Å². The largest absolute Gasteiger partial charge is 0.326 e. The van der Waals surface area contributed by atoms with Crippen molar-refractivity contribution in [1.82, 2.24) is 4.90 Å². The first-order chi connectivity index (χ1) is 13.9. The summed E-state index contributed by atoms with van der Waals surface area (Å²) in [4.78, 5) is 41.5. The number of benzene rings is 2. The first-order valence-electron chi connectivity index (χ1n) is 9.69. The van der Waals surface area contributed by atoms with Crippen LogP contribution in [0.25, 0.3) is 0 Å². The van der Waals surface area contributed by atoms with Gasteiger partial charge in [0.2, 0.25) is 11.8 Å². The molecule has 2 aromatic carbocycles. The number of amides is 3. The fourth-order valence-corrected chi connectivity index (χ4v) is 4.63. The van der Waals surface area contributed by atoms with Crippen LogP contribution in [0.3, 0.4) is 0 Å². The highest BCUT2D eigenvalue weighted by Crippen LogP contribution is 2.44. The van der Waals surface area contributed by atoms with Crippen LogP contribution in [0.1, 0.15) is 43.0 Å². The number of nitrogens with one attached hydrogen (secondary N) is 1. The molecular formula is C22H22BrN3O3. The Balaban J connectivity index is 1.46. The van der Waals surface area contributed by atoms with Crippen LogP contribution in [-0.2, 0) is 9.59 Å². The number of nitrogens with zero attached hydrogens (tertiary/aromatic N) is 2. The normalized spacial score (nSPS) is 20.5. The third-order valence-electron chi connectivity index (χ3n) is 5.64. The fourth-order valence-electron chi connectivity index (χ4n) is 4.23. The lowest BCUT2D eigenvalue weighted by molar-refractivity contribution is -0.118. The van der Waals surface area contributed by atoms with Crippen LogP contribution in [0.2, 0.25) is 0 Å². The Bertz CT molecular complexity index is 993. The van der Waals surface area contributed by atoms with E-state index in [9.17, 15) is 14.4 Å². The molecule has 2 aromatic rings. The van der Waals surface area contributed by atoms with Gasteiger partial charge in [-0.05, 0) is 50.1 Å². The zero-order valence-electron chi connectivity index (χ0n) is 16.2. The Labute approximate surface area is 178 Å². The molecule has 3 amide bonds. The lowest BCUT2D eigenvalue weighted by atomic mass is 9.98. The van der Waals surface area contributed by atoms with Gasteiger partial charge in [-0.15, -0.1) is 0 Å². The molecule has 1 unspecified atom stereocenters. The van der Waals surface area contributed by atoms with Gasteiger partial charge in [0.1, 0.15) is 5.66 Å². The second-order valence-electron chi connectivity index (χ2n) is 7.58. The molecule has 29 heavy (non-hydrogen) atoms. The number of carbonyl (C=O) groups is 3. The van der Waals surface area contributed by atoms with Crippen molar-refractivity contribution in [2.75, 3.05) is 16.8 Å². The standard InChI is InChI=1S/C22H22BrN3O3/c1-22-12-11-20(28)26(22)18-9-3-2-8-17(18)21(29)25(22)13-5-10-19(27)24-16-7-4-6-15(23)14-16/h2-4,6-9,14H,5,10-13H2,1H3,(H,24,27). The van der Waals surface area contributed by atoms with Gasteiger partial charge in [0.15, 0.2) is 0 Å². The molecule has 6 nitrogen and oxygen atoms in total. The summed E-state index contributed by atoms with van der Waals surface area (Å²) in [6, 6.07) is 14.7. The van der Waals surface area contributed by atoms with Gasteiger partial charge in [0, 0.05) is 29.5 Å². The molecule has 0 saturated carbocycles. The van der Waals surface area contributed by atoms with Gasteiger partial charge in [-0.2, -0.15) is 0 Å². The van der Waals surface area contributed by atoms with Gasteiger partial charge in [-0.25, -0.2) is 0 Å². The zero-order chi connectivity index (χ0) is 20.6. The summed E-state index contributed by atoms with van der Waals surface area (Å²) in [7, 11) is 0. The SMILES string of the molecule is CC12CCC(=O)N1c1ccccc1C(=O)N2CCCC(=O)Nc1cccc(Br)c1. The molecule has 0 bridgehead atoms. The molecule has 2 aliphatic heterocycles. The van der Waals surface area contributed by atoms with Crippen molar-refractivity contribution >= 4 is 45.0 Å². The van der Waals surface area contributed by atoms with Gasteiger partial charge < -0.3 is 10.2 Å². The summed E-state index contributed by atoms with van der Waals surface area (Å²) < 4.78 is 0.895. The number of rotatable bonds is 5. The second-order valence-corrected chi connectivity index (χ2v) is 8.50. The minimum Gasteiger partial charge on any atom is -0.326 e. The van der Waals surface area contributed by atoms with Crippen LogP contribution < -0.4 is 10.2 Å². The third kappa shape index (κ3) is 3.55. The van der Waals surface area contributed by atoms with Crippen molar-refractivity contribution in [3.8, 4) is 0 Å². The molecule has 1 saturated heterocycles. The molecule has 0 aliphatic carbocycles. The van der Waals surface area contributed by atoms with Gasteiger partial charge in [0.25, 0.3) is 5.91 Å². The van der Waals surface area contributed by atoms with E-state index in [0.717, 1.165) is 10.2 Å². The van der Waals surface area contributed by atoms with Crippen molar-refractivity contribution < 1.29 is 14.4 Å². The van der Waals surface area contributed by atoms with E-state index < -0.39 is 5.66 Å². The Morgan fingerprint density at radius 3 is 2.76 bits per heavy atom. The minimum atomic E-state index is -0.677. The van der Waals surface area contributed by atoms with E-state index in [-0.39, 0.29) is 17.7 Å². The molecule has 150 valence electrons. The first kappa shape index (κ1) is 19.6. The van der Waals surface area contributed by atoms with Gasteiger partial charge in [-0.1, -0.05) is 34.1 Å². The van der Waals surface area contributed by atoms with E-state index in [1.54, 1.807) is 15.9 Å². The summed E-state index contributed by atoms with van der Waals surface area (Å²) in [5, 5.41) is 2.87. The molecule has 2 aliphatic rings. The molecule has 0 spiro atoms. The number of para-hydroxylation sites is 1. The monoisotopic (exact) mass is 455 g/mol. The average Bonchev–Trinajstić information content (AvgIpc) is 3.00. The number of fused-ring (bicyclic) bond motifs is 3. The number of halogens is 1. The highest BCUT2D eigenvalue weighted by Gasteiger charge is 2.52. The molecule has 2 heterocycles. The Morgan fingerprint density at radius 2 is 1.97 bits per heavy atom. The number of hydrogen-bond donors (Lipinski definition) is 1. The third-order valence-corrected chi connectivity index (χ3v) is 6.13. The maximum Gasteiger partial charge on any atom is 0.257 e. The van der Waals surface area contributed by atoms with Crippen LogP contribution >= 0.6 is 15.9 Å². The van der Waals surface area contributed by atoms with Crippen molar-refractivity contribution in [2.24, 2.45) is 0 Å². The van der Waals surface area contributed by atoms with Crippen molar-refractivity contribution in [3.05, 3.63) is 58.6 Å². The zero-order valence-corrected chi connectivity index (χ0v) is 17.7. The smallest absolute Gasteiger partial charge is 0.257 e.